The van der Waals surface area contributed by atoms with Gasteiger partial charge in [-0.2, -0.15) is 0 Å². The van der Waals surface area contributed by atoms with E-state index in [1.807, 2.05) is 30.3 Å². The number of aliphatic hydroxyl groups excluding tert-OH is 1. The average Bonchev–Trinajstić information content (AvgIpc) is 3.26. The summed E-state index contributed by atoms with van der Waals surface area (Å²) >= 11 is -3.47. The van der Waals surface area contributed by atoms with Gasteiger partial charge in [0.1, 0.15) is 0 Å². The Hall–Kier alpha value is -2.56. The van der Waals surface area contributed by atoms with E-state index < -0.39 is 18.2 Å². The Morgan fingerprint density at radius 3 is 1.35 bits per heavy atom. The first-order chi connectivity index (χ1) is 12.8. The fourth-order valence-electron chi connectivity index (χ4n) is 3.74. The Morgan fingerprint density at radius 1 is 0.577 bits per heavy atom. The first kappa shape index (κ1) is 16.9. The van der Waals surface area contributed by atoms with Crippen molar-refractivity contribution in [3.63, 3.8) is 0 Å². The molecule has 4 rings (SSSR count). The summed E-state index contributed by atoms with van der Waals surface area (Å²) in [7, 11) is 0. The summed E-state index contributed by atoms with van der Waals surface area (Å²) in [4.78, 5) is -0.683. The molecule has 0 saturated carbocycles. The van der Waals surface area contributed by atoms with E-state index in [1.165, 1.54) is 13.2 Å². The number of hydrogen-bond acceptors (Lipinski definition) is 2. The third kappa shape index (κ3) is 2.81. The van der Waals surface area contributed by atoms with E-state index in [2.05, 4.69) is 72.8 Å². The second kappa shape index (κ2) is 7.36. The molecular weight excluding hydrogens is 381 g/mol. The van der Waals surface area contributed by atoms with Crippen molar-refractivity contribution in [2.24, 2.45) is 0 Å². The number of furan rings is 1. The number of benzene rings is 3. The van der Waals surface area contributed by atoms with E-state index in [0.717, 1.165) is 0 Å². The summed E-state index contributed by atoms with van der Waals surface area (Å²) in [6, 6.07) is 35.0. The van der Waals surface area contributed by atoms with Crippen LogP contribution in [0.5, 0.6) is 0 Å². The van der Waals surface area contributed by atoms with Crippen LogP contribution in [0, 0.1) is 0 Å². The van der Waals surface area contributed by atoms with Gasteiger partial charge < -0.3 is 0 Å². The number of hydrogen-bond donors (Lipinski definition) is 1. The van der Waals surface area contributed by atoms with Crippen LogP contribution in [0.2, 0.25) is 0 Å². The fraction of sp³-hybridized carbons (Fsp3) is 0.0435. The molecular formula is C23H20GeO2. The molecule has 4 aromatic rings. The van der Waals surface area contributed by atoms with E-state index in [9.17, 15) is 5.11 Å². The van der Waals surface area contributed by atoms with E-state index in [0.29, 0.717) is 5.76 Å². The molecule has 0 saturated heterocycles. The summed E-state index contributed by atoms with van der Waals surface area (Å²) < 4.78 is 9.27. The number of rotatable bonds is 5. The van der Waals surface area contributed by atoms with Crippen molar-refractivity contribution in [2.75, 3.05) is 0 Å². The second-order valence-electron chi connectivity index (χ2n) is 6.32. The monoisotopic (exact) mass is 402 g/mol. The van der Waals surface area contributed by atoms with Gasteiger partial charge in [0.05, 0.1) is 0 Å². The Bertz CT molecular complexity index is 839. The third-order valence-electron chi connectivity index (χ3n) is 4.91. The topological polar surface area (TPSA) is 33.4 Å². The van der Waals surface area contributed by atoms with Crippen LogP contribution in [0.3, 0.4) is 0 Å². The minimum atomic E-state index is -3.47. The molecule has 128 valence electrons. The summed E-state index contributed by atoms with van der Waals surface area (Å²) in [5.41, 5.74) is 0. The zero-order valence-corrected chi connectivity index (χ0v) is 16.4. The molecule has 0 aliphatic carbocycles. The summed E-state index contributed by atoms with van der Waals surface area (Å²) in [5.74, 6) is 0.626. The van der Waals surface area contributed by atoms with Crippen LogP contribution in [0.15, 0.2) is 114 Å². The van der Waals surface area contributed by atoms with Crippen LogP contribution in [-0.2, 0) is 0 Å². The first-order valence-electron chi connectivity index (χ1n) is 8.71. The van der Waals surface area contributed by atoms with Gasteiger partial charge in [-0.05, 0) is 0 Å². The quantitative estimate of drug-likeness (QED) is 0.522. The van der Waals surface area contributed by atoms with Crippen molar-refractivity contribution in [3.8, 4) is 0 Å². The van der Waals surface area contributed by atoms with Gasteiger partial charge in [-0.15, -0.1) is 0 Å². The summed E-state index contributed by atoms with van der Waals surface area (Å²) in [6.07, 6.45) is 1.63. The van der Waals surface area contributed by atoms with Gasteiger partial charge in [0.15, 0.2) is 0 Å². The van der Waals surface area contributed by atoms with Crippen LogP contribution in [0.4, 0.5) is 0 Å². The molecule has 1 N–H and O–H groups in total. The molecule has 0 amide bonds. The maximum absolute atomic E-state index is 11.7. The molecule has 3 heteroatoms. The van der Waals surface area contributed by atoms with Crippen molar-refractivity contribution >= 4 is 26.5 Å². The Labute approximate surface area is 156 Å². The van der Waals surface area contributed by atoms with Crippen LogP contribution < -0.4 is 13.2 Å². The molecule has 0 spiro atoms. The molecule has 0 bridgehead atoms. The van der Waals surface area contributed by atoms with Crippen molar-refractivity contribution in [3.05, 3.63) is 115 Å². The predicted octanol–water partition coefficient (Wildman–Crippen LogP) is 3.02. The minimum absolute atomic E-state index is 0.626. The molecule has 0 fully saturated rings. The molecule has 0 aliphatic heterocycles. The molecule has 3 aromatic carbocycles. The Kier molecular flexibility index (Phi) is 4.78. The van der Waals surface area contributed by atoms with Crippen molar-refractivity contribution in [2.45, 2.75) is 4.94 Å². The van der Waals surface area contributed by atoms with Crippen LogP contribution >= 0.6 is 0 Å². The summed E-state index contributed by atoms with van der Waals surface area (Å²) in [6.45, 7) is 0. The predicted molar refractivity (Wildman–Crippen MR) is 108 cm³/mol. The normalized spacial score (nSPS) is 12.7. The van der Waals surface area contributed by atoms with E-state index in [1.54, 1.807) is 6.26 Å². The van der Waals surface area contributed by atoms with Gasteiger partial charge in [-0.3, -0.25) is 0 Å². The van der Waals surface area contributed by atoms with Gasteiger partial charge in [-0.25, -0.2) is 0 Å². The SMILES string of the molecule is O[CH](c1ccco1)[Ge]([c]1ccccc1)([c]1ccccc1)[c]1ccccc1. The molecule has 0 radical (unpaired) electrons. The van der Waals surface area contributed by atoms with Crippen LogP contribution in [0.1, 0.15) is 10.7 Å². The van der Waals surface area contributed by atoms with Crippen LogP contribution in [0.25, 0.3) is 0 Å². The van der Waals surface area contributed by atoms with Crippen LogP contribution in [-0.4, -0.2) is 18.4 Å². The standard InChI is InChI=1S/C23H20GeO2/c25-23(22-17-10-18-26-22)24(19-11-4-1-5-12-19,20-13-6-2-7-14-20)21-15-8-3-9-16-21/h1-18,23,25H. The van der Waals surface area contributed by atoms with Gasteiger partial charge >= 0.3 is 156 Å². The molecule has 1 atom stereocenters. The fourth-order valence-corrected chi connectivity index (χ4v) is 13.6. The number of aliphatic hydroxyl groups is 1. The third-order valence-corrected chi connectivity index (χ3v) is 15.1. The maximum atomic E-state index is 11.7. The average molecular weight is 401 g/mol. The van der Waals surface area contributed by atoms with Crippen molar-refractivity contribution in [1.29, 1.82) is 0 Å². The van der Waals surface area contributed by atoms with Crippen molar-refractivity contribution in [1.82, 2.24) is 0 Å². The van der Waals surface area contributed by atoms with Gasteiger partial charge in [0.25, 0.3) is 0 Å². The Balaban J connectivity index is 2.07. The van der Waals surface area contributed by atoms with E-state index in [4.69, 9.17) is 4.42 Å². The molecule has 26 heavy (non-hydrogen) atoms. The molecule has 1 heterocycles. The molecule has 1 unspecified atom stereocenters. The second-order valence-corrected chi connectivity index (χ2v) is 14.5. The molecule has 1 aromatic heterocycles. The van der Waals surface area contributed by atoms with Gasteiger partial charge in [0, 0.05) is 0 Å². The first-order valence-corrected chi connectivity index (χ1v) is 13.1. The zero-order chi connectivity index (χ0) is 17.8. The Morgan fingerprint density at radius 2 is 1.00 bits per heavy atom. The van der Waals surface area contributed by atoms with Crippen molar-refractivity contribution < 1.29 is 9.52 Å². The zero-order valence-electron chi connectivity index (χ0n) is 14.3. The van der Waals surface area contributed by atoms with Gasteiger partial charge in [-0.1, -0.05) is 0 Å². The van der Waals surface area contributed by atoms with E-state index in [-0.39, 0.29) is 0 Å². The molecule has 0 aliphatic rings. The van der Waals surface area contributed by atoms with Gasteiger partial charge in [0.2, 0.25) is 0 Å². The summed E-state index contributed by atoms with van der Waals surface area (Å²) in [5, 5.41) is 11.7. The van der Waals surface area contributed by atoms with E-state index >= 15 is 0 Å². The molecule has 2 nitrogen and oxygen atoms in total.